The summed E-state index contributed by atoms with van der Waals surface area (Å²) < 4.78 is 21.5. The third kappa shape index (κ3) is 4.29. The van der Waals surface area contributed by atoms with E-state index in [0.29, 0.717) is 11.4 Å². The van der Waals surface area contributed by atoms with E-state index in [1.165, 1.54) is 0 Å². The van der Waals surface area contributed by atoms with Gasteiger partial charge >= 0.3 is 0 Å². The molecule has 4 heteroatoms. The minimum Gasteiger partial charge on any atom is -0.229 e. The Balaban J connectivity index is 2.61. The largest absolute Gasteiger partial charge is 0.229 e. The number of benzene rings is 1. The second kappa shape index (κ2) is 4.11. The van der Waals surface area contributed by atoms with Crippen LogP contribution in [-0.4, -0.2) is 14.2 Å². The highest BCUT2D eigenvalue weighted by atomic mass is 35.5. The first-order chi connectivity index (χ1) is 5.97. The summed E-state index contributed by atoms with van der Waals surface area (Å²) in [5.41, 5.74) is 0.955. The summed E-state index contributed by atoms with van der Waals surface area (Å²) in [5.74, 6) is 0.0780. The molecule has 0 heterocycles. The molecule has 0 fully saturated rings. The molecule has 2 nitrogen and oxygen atoms in total. The van der Waals surface area contributed by atoms with Gasteiger partial charge in [0, 0.05) is 5.02 Å². The van der Waals surface area contributed by atoms with Gasteiger partial charge in [0.1, 0.15) is 0 Å². The maximum atomic E-state index is 10.7. The highest BCUT2D eigenvalue weighted by Gasteiger charge is 2.02. The van der Waals surface area contributed by atoms with Crippen LogP contribution in [0.25, 0.3) is 0 Å². The Morgan fingerprint density at radius 3 is 2.23 bits per heavy atom. The SMILES string of the molecule is [CH2]S(=O)(=O)CCc1ccc(Cl)cc1. The zero-order valence-corrected chi connectivity index (χ0v) is 8.61. The lowest BCUT2D eigenvalue weighted by Crippen LogP contribution is -2.03. The predicted molar refractivity (Wildman–Crippen MR) is 54.3 cm³/mol. The van der Waals surface area contributed by atoms with Gasteiger partial charge in [0.25, 0.3) is 0 Å². The van der Waals surface area contributed by atoms with Crippen molar-refractivity contribution in [3.8, 4) is 0 Å². The number of hydrogen-bond acceptors (Lipinski definition) is 2. The molecule has 0 aliphatic rings. The monoisotopic (exact) mass is 217 g/mol. The number of aryl methyl sites for hydroxylation is 1. The van der Waals surface area contributed by atoms with Crippen LogP contribution in [0, 0.1) is 6.26 Å². The van der Waals surface area contributed by atoms with Crippen LogP contribution in [0.4, 0.5) is 0 Å². The summed E-state index contributed by atoms with van der Waals surface area (Å²) in [4.78, 5) is 0. The van der Waals surface area contributed by atoms with Crippen LogP contribution in [0.5, 0.6) is 0 Å². The van der Waals surface area contributed by atoms with Gasteiger partial charge in [-0.3, -0.25) is 0 Å². The molecule has 1 radical (unpaired) electrons. The van der Waals surface area contributed by atoms with Gasteiger partial charge in [-0.15, -0.1) is 0 Å². The van der Waals surface area contributed by atoms with Gasteiger partial charge in [0.05, 0.1) is 12.0 Å². The lowest BCUT2D eigenvalue weighted by atomic mass is 10.2. The fourth-order valence-corrected chi connectivity index (χ4v) is 1.60. The summed E-state index contributed by atoms with van der Waals surface area (Å²) in [7, 11) is -3.12. The molecule has 0 amide bonds. The fraction of sp³-hybridized carbons (Fsp3) is 0.222. The maximum Gasteiger partial charge on any atom is 0.151 e. The summed E-state index contributed by atoms with van der Waals surface area (Å²) in [6.07, 6.45) is 3.54. The number of hydrogen-bond donors (Lipinski definition) is 0. The quantitative estimate of drug-likeness (QED) is 0.777. The van der Waals surface area contributed by atoms with Crippen LogP contribution in [0.3, 0.4) is 0 Å². The third-order valence-electron chi connectivity index (χ3n) is 1.61. The highest BCUT2D eigenvalue weighted by molar-refractivity contribution is 7.92. The first-order valence-corrected chi connectivity index (χ1v) is 5.97. The summed E-state index contributed by atoms with van der Waals surface area (Å²) in [5, 5.41) is 0.654. The molecule has 0 aliphatic carbocycles. The number of rotatable bonds is 3. The van der Waals surface area contributed by atoms with E-state index in [9.17, 15) is 8.42 Å². The zero-order valence-electron chi connectivity index (χ0n) is 7.03. The van der Waals surface area contributed by atoms with Gasteiger partial charge in [-0.05, 0) is 24.1 Å². The molecule has 1 aromatic rings. The van der Waals surface area contributed by atoms with Crippen LogP contribution in [0.2, 0.25) is 5.02 Å². The fourth-order valence-electron chi connectivity index (χ4n) is 0.924. The first kappa shape index (κ1) is 10.5. The van der Waals surface area contributed by atoms with Gasteiger partial charge < -0.3 is 0 Å². The smallest absolute Gasteiger partial charge is 0.151 e. The van der Waals surface area contributed by atoms with Crippen molar-refractivity contribution in [2.45, 2.75) is 6.42 Å². The van der Waals surface area contributed by atoms with Gasteiger partial charge in [0.15, 0.2) is 9.84 Å². The average Bonchev–Trinajstić information content (AvgIpc) is 2.02. The van der Waals surface area contributed by atoms with E-state index in [1.54, 1.807) is 12.1 Å². The molecule has 0 unspecified atom stereocenters. The lowest BCUT2D eigenvalue weighted by molar-refractivity contribution is 0.603. The van der Waals surface area contributed by atoms with Crippen LogP contribution in [0.15, 0.2) is 24.3 Å². The molecule has 0 spiro atoms. The van der Waals surface area contributed by atoms with Gasteiger partial charge in [-0.25, -0.2) is 8.42 Å². The van der Waals surface area contributed by atoms with Crippen LogP contribution in [-0.2, 0) is 16.3 Å². The lowest BCUT2D eigenvalue weighted by Gasteiger charge is -1.99. The molecule has 1 aromatic carbocycles. The van der Waals surface area contributed by atoms with E-state index >= 15 is 0 Å². The predicted octanol–water partition coefficient (Wildman–Crippen LogP) is 2.09. The maximum absolute atomic E-state index is 10.7. The Kier molecular flexibility index (Phi) is 3.33. The van der Waals surface area contributed by atoms with Gasteiger partial charge in [0.2, 0.25) is 0 Å². The standard InChI is InChI=1S/C9H10ClO2S/c1-13(11,12)7-6-8-2-4-9(10)5-3-8/h2-5H,1,6-7H2. The summed E-state index contributed by atoms with van der Waals surface area (Å²) in [6.45, 7) is 0. The second-order valence-electron chi connectivity index (χ2n) is 2.82. The Bertz CT molecular complexity index is 367. The Morgan fingerprint density at radius 1 is 1.23 bits per heavy atom. The van der Waals surface area contributed by atoms with E-state index < -0.39 is 9.84 Å². The van der Waals surface area contributed by atoms with E-state index in [0.717, 1.165) is 5.56 Å². The Hall–Kier alpha value is -0.540. The van der Waals surface area contributed by atoms with E-state index in [2.05, 4.69) is 6.26 Å². The van der Waals surface area contributed by atoms with Crippen molar-refractivity contribution in [2.24, 2.45) is 0 Å². The summed E-state index contributed by atoms with van der Waals surface area (Å²) >= 11 is 5.67. The van der Waals surface area contributed by atoms with Crippen molar-refractivity contribution in [1.29, 1.82) is 0 Å². The molecule has 13 heavy (non-hydrogen) atoms. The van der Waals surface area contributed by atoms with Gasteiger partial charge in [-0.2, -0.15) is 0 Å². The minimum absolute atomic E-state index is 0.0780. The van der Waals surface area contributed by atoms with Crippen molar-refractivity contribution < 1.29 is 8.42 Å². The molecule has 0 saturated heterocycles. The topological polar surface area (TPSA) is 34.1 Å². The van der Waals surface area contributed by atoms with Crippen molar-refractivity contribution in [1.82, 2.24) is 0 Å². The molecular weight excluding hydrogens is 208 g/mol. The normalized spacial score (nSPS) is 11.5. The molecular formula is C9H10ClO2S. The Labute approximate surface area is 83.5 Å². The van der Waals surface area contributed by atoms with Crippen molar-refractivity contribution >= 4 is 21.4 Å². The molecule has 0 atom stereocenters. The van der Waals surface area contributed by atoms with E-state index in [1.807, 2.05) is 12.1 Å². The Morgan fingerprint density at radius 2 is 1.77 bits per heavy atom. The number of sulfone groups is 1. The molecule has 0 aliphatic heterocycles. The van der Waals surface area contributed by atoms with Crippen LogP contribution in [0.1, 0.15) is 5.56 Å². The third-order valence-corrected chi connectivity index (χ3v) is 2.69. The minimum atomic E-state index is -3.12. The molecule has 0 saturated carbocycles. The van der Waals surface area contributed by atoms with Gasteiger partial charge in [-0.1, -0.05) is 23.7 Å². The molecule has 0 aromatic heterocycles. The average molecular weight is 218 g/mol. The molecule has 71 valence electrons. The highest BCUT2D eigenvalue weighted by Crippen LogP contribution is 2.10. The first-order valence-electron chi connectivity index (χ1n) is 3.77. The van der Waals surface area contributed by atoms with Crippen molar-refractivity contribution in [3.05, 3.63) is 41.1 Å². The summed E-state index contributed by atoms with van der Waals surface area (Å²) in [6, 6.07) is 7.11. The second-order valence-corrected chi connectivity index (χ2v) is 5.16. The molecule has 1 rings (SSSR count). The van der Waals surface area contributed by atoms with Crippen molar-refractivity contribution in [2.75, 3.05) is 5.75 Å². The van der Waals surface area contributed by atoms with E-state index in [-0.39, 0.29) is 5.75 Å². The van der Waals surface area contributed by atoms with Crippen molar-refractivity contribution in [3.63, 3.8) is 0 Å². The van der Waals surface area contributed by atoms with E-state index in [4.69, 9.17) is 11.6 Å². The molecule has 0 N–H and O–H groups in total. The molecule has 0 bridgehead atoms. The van der Waals surface area contributed by atoms with Crippen LogP contribution >= 0.6 is 11.6 Å². The zero-order chi connectivity index (χ0) is 9.90. The van der Waals surface area contributed by atoms with Crippen LogP contribution < -0.4 is 0 Å². The number of halogens is 1.